The Balaban J connectivity index is 1.57. The zero-order valence-corrected chi connectivity index (χ0v) is 21.8. The lowest BCUT2D eigenvalue weighted by atomic mass is 10.1. The van der Waals surface area contributed by atoms with Crippen molar-refractivity contribution < 1.29 is 9.53 Å². The van der Waals surface area contributed by atoms with Crippen LogP contribution >= 0.6 is 0 Å². The minimum absolute atomic E-state index is 0.00802. The van der Waals surface area contributed by atoms with E-state index in [-0.39, 0.29) is 17.8 Å². The number of carbonyl (C=O) groups excluding carboxylic acids is 1. The van der Waals surface area contributed by atoms with Crippen LogP contribution in [0.2, 0.25) is 0 Å². The van der Waals surface area contributed by atoms with E-state index in [1.165, 1.54) is 7.11 Å². The number of aromatic nitrogens is 3. The van der Waals surface area contributed by atoms with Gasteiger partial charge in [-0.1, -0.05) is 19.1 Å². The minimum atomic E-state index is -0.167. The fourth-order valence-electron chi connectivity index (χ4n) is 4.53. The first-order valence-electron chi connectivity index (χ1n) is 12.4. The maximum absolute atomic E-state index is 13.3. The number of benzene rings is 1. The van der Waals surface area contributed by atoms with E-state index in [0.29, 0.717) is 17.3 Å². The SMILES string of the molecule is CCC(C(=O)Nc1cccc2c(-c3ccnc(N/C(=C/NC)C(=N)OC)n3)c[nH]c12)N1CCN(C)CC1. The van der Waals surface area contributed by atoms with Crippen molar-refractivity contribution in [1.82, 2.24) is 30.1 Å². The predicted molar refractivity (Wildman–Crippen MR) is 147 cm³/mol. The normalized spacial score (nSPS) is 15.8. The van der Waals surface area contributed by atoms with Gasteiger partial charge in [-0.15, -0.1) is 0 Å². The molecule has 3 heterocycles. The molecule has 1 saturated heterocycles. The van der Waals surface area contributed by atoms with Crippen LogP contribution in [0.3, 0.4) is 0 Å². The Hall–Kier alpha value is -3.96. The number of hydrogen-bond donors (Lipinski definition) is 5. The summed E-state index contributed by atoms with van der Waals surface area (Å²) in [7, 11) is 5.28. The summed E-state index contributed by atoms with van der Waals surface area (Å²) < 4.78 is 5.02. The lowest BCUT2D eigenvalue weighted by Gasteiger charge is -2.36. The molecule has 0 saturated carbocycles. The molecule has 196 valence electrons. The number of ether oxygens (including phenoxy) is 1. The van der Waals surface area contributed by atoms with Crippen molar-refractivity contribution in [2.75, 3.05) is 58.0 Å². The van der Waals surface area contributed by atoms with Crippen molar-refractivity contribution in [1.29, 1.82) is 5.41 Å². The molecule has 11 nitrogen and oxygen atoms in total. The first-order chi connectivity index (χ1) is 17.9. The fourth-order valence-corrected chi connectivity index (χ4v) is 4.53. The Kier molecular flexibility index (Phi) is 8.36. The van der Waals surface area contributed by atoms with Crippen molar-refractivity contribution >= 4 is 34.3 Å². The number of H-pyrrole nitrogens is 1. The van der Waals surface area contributed by atoms with Crippen molar-refractivity contribution in [2.24, 2.45) is 0 Å². The van der Waals surface area contributed by atoms with Gasteiger partial charge in [-0.05, 0) is 25.6 Å². The second-order valence-electron chi connectivity index (χ2n) is 8.95. The summed E-state index contributed by atoms with van der Waals surface area (Å²) in [4.78, 5) is 30.1. The molecule has 0 spiro atoms. The first-order valence-corrected chi connectivity index (χ1v) is 12.4. The minimum Gasteiger partial charge on any atom is -0.480 e. The number of aromatic amines is 1. The van der Waals surface area contributed by atoms with Gasteiger partial charge in [0.05, 0.1) is 30.0 Å². The summed E-state index contributed by atoms with van der Waals surface area (Å²) in [5.41, 5.74) is 3.55. The van der Waals surface area contributed by atoms with Gasteiger partial charge in [-0.25, -0.2) is 9.97 Å². The number of para-hydroxylation sites is 1. The molecule has 2 aromatic heterocycles. The van der Waals surface area contributed by atoms with Gasteiger partial charge in [0.25, 0.3) is 0 Å². The Bertz CT molecular complexity index is 1280. The van der Waals surface area contributed by atoms with Crippen LogP contribution in [-0.2, 0) is 9.53 Å². The number of hydrogen-bond acceptors (Lipinski definition) is 9. The lowest BCUT2D eigenvalue weighted by Crippen LogP contribution is -2.52. The molecular weight excluding hydrogens is 470 g/mol. The van der Waals surface area contributed by atoms with Crippen LogP contribution in [0.5, 0.6) is 0 Å². The number of amides is 1. The number of nitrogens with one attached hydrogen (secondary N) is 5. The molecule has 0 aliphatic carbocycles. The molecule has 1 amide bonds. The van der Waals surface area contributed by atoms with E-state index in [1.54, 1.807) is 19.4 Å². The maximum Gasteiger partial charge on any atom is 0.241 e. The summed E-state index contributed by atoms with van der Waals surface area (Å²) in [5, 5.41) is 17.9. The number of nitrogens with zero attached hydrogens (tertiary/aromatic N) is 4. The molecule has 1 atom stereocenters. The van der Waals surface area contributed by atoms with Crippen molar-refractivity contribution in [2.45, 2.75) is 19.4 Å². The average molecular weight is 506 g/mol. The van der Waals surface area contributed by atoms with Crippen LogP contribution in [-0.4, -0.2) is 90.0 Å². The Morgan fingerprint density at radius 1 is 1.24 bits per heavy atom. The van der Waals surface area contributed by atoms with Crippen LogP contribution in [0.25, 0.3) is 22.2 Å². The van der Waals surface area contributed by atoms with Crippen molar-refractivity contribution in [3.05, 3.63) is 48.6 Å². The second kappa shape index (κ2) is 11.8. The highest BCUT2D eigenvalue weighted by Gasteiger charge is 2.27. The number of rotatable bonds is 9. The number of methoxy groups -OCH3 is 1. The molecule has 5 N–H and O–H groups in total. The molecule has 4 rings (SSSR count). The molecular formula is C26H35N9O2. The standard InChI is InChI=1S/C26H35N9O2/c1-5-22(35-13-11-34(3)12-14-35)25(36)31-20-8-6-7-17-18(15-30-23(17)20)19-9-10-29-26(32-19)33-21(16-28-2)24(27)37-4/h6-10,15-16,22,27-28,30H,5,11-14H2,1-4H3,(H,31,36)(H,29,32,33)/b21-16+,27-24?. The van der Waals surface area contributed by atoms with E-state index < -0.39 is 0 Å². The topological polar surface area (TPSA) is 134 Å². The molecule has 1 aliphatic rings. The summed E-state index contributed by atoms with van der Waals surface area (Å²) in [5.74, 6) is 0.295. The van der Waals surface area contributed by atoms with Gasteiger partial charge in [-0.3, -0.25) is 15.1 Å². The van der Waals surface area contributed by atoms with E-state index in [1.807, 2.05) is 30.5 Å². The van der Waals surface area contributed by atoms with Gasteiger partial charge >= 0.3 is 0 Å². The summed E-state index contributed by atoms with van der Waals surface area (Å²) >= 11 is 0. The molecule has 3 aromatic rings. The third-order valence-corrected chi connectivity index (χ3v) is 6.56. The average Bonchev–Trinajstić information content (AvgIpc) is 3.35. The van der Waals surface area contributed by atoms with E-state index in [0.717, 1.165) is 54.8 Å². The molecule has 37 heavy (non-hydrogen) atoms. The fraction of sp³-hybridized carbons (Fsp3) is 0.385. The zero-order chi connectivity index (χ0) is 26.4. The summed E-state index contributed by atoms with van der Waals surface area (Å²) in [6.07, 6.45) is 5.90. The molecule has 1 aliphatic heterocycles. The van der Waals surface area contributed by atoms with Gasteiger partial charge in [0.15, 0.2) is 0 Å². The Labute approximate surface area is 216 Å². The summed E-state index contributed by atoms with van der Waals surface area (Å²) in [6.45, 7) is 5.76. The molecule has 0 bridgehead atoms. The van der Waals surface area contributed by atoms with Gasteiger partial charge in [0, 0.05) is 62.8 Å². The van der Waals surface area contributed by atoms with E-state index in [2.05, 4.69) is 54.7 Å². The maximum atomic E-state index is 13.3. The van der Waals surface area contributed by atoms with Crippen molar-refractivity contribution in [3.8, 4) is 11.3 Å². The Morgan fingerprint density at radius 2 is 2.03 bits per heavy atom. The van der Waals surface area contributed by atoms with Crippen LogP contribution in [0.15, 0.2) is 48.6 Å². The molecule has 1 aromatic carbocycles. The van der Waals surface area contributed by atoms with Crippen LogP contribution in [0.4, 0.5) is 11.6 Å². The number of piperazine rings is 1. The highest BCUT2D eigenvalue weighted by molar-refractivity contribution is 6.06. The van der Waals surface area contributed by atoms with Gasteiger partial charge in [0.2, 0.25) is 17.8 Å². The van der Waals surface area contributed by atoms with Gasteiger partial charge in [0.1, 0.15) is 5.70 Å². The number of anilines is 2. The molecule has 11 heteroatoms. The highest BCUT2D eigenvalue weighted by atomic mass is 16.5. The van der Waals surface area contributed by atoms with Gasteiger partial charge < -0.3 is 30.6 Å². The third kappa shape index (κ3) is 5.89. The number of fused-ring (bicyclic) bond motifs is 1. The van der Waals surface area contributed by atoms with E-state index in [9.17, 15) is 4.79 Å². The zero-order valence-electron chi connectivity index (χ0n) is 21.8. The van der Waals surface area contributed by atoms with E-state index in [4.69, 9.17) is 10.1 Å². The lowest BCUT2D eigenvalue weighted by molar-refractivity contribution is -0.122. The predicted octanol–water partition coefficient (Wildman–Crippen LogP) is 2.69. The molecule has 0 radical (unpaired) electrons. The highest BCUT2D eigenvalue weighted by Crippen LogP contribution is 2.32. The van der Waals surface area contributed by atoms with Gasteiger partial charge in [-0.2, -0.15) is 0 Å². The largest absolute Gasteiger partial charge is 0.480 e. The van der Waals surface area contributed by atoms with Crippen LogP contribution < -0.4 is 16.0 Å². The quantitative estimate of drug-likeness (QED) is 0.221. The third-order valence-electron chi connectivity index (χ3n) is 6.56. The van der Waals surface area contributed by atoms with Crippen LogP contribution in [0.1, 0.15) is 13.3 Å². The van der Waals surface area contributed by atoms with Crippen LogP contribution in [0, 0.1) is 5.41 Å². The smallest absolute Gasteiger partial charge is 0.241 e. The Morgan fingerprint density at radius 3 is 2.73 bits per heavy atom. The van der Waals surface area contributed by atoms with E-state index >= 15 is 0 Å². The second-order valence-corrected chi connectivity index (χ2v) is 8.95. The molecule has 1 fully saturated rings. The monoisotopic (exact) mass is 505 g/mol. The first kappa shape index (κ1) is 26.1. The number of likely N-dealkylation sites (N-methyl/N-ethyl adjacent to an activating group) is 1. The summed E-state index contributed by atoms with van der Waals surface area (Å²) in [6, 6.07) is 7.49. The van der Waals surface area contributed by atoms with Crippen molar-refractivity contribution in [3.63, 3.8) is 0 Å². The molecule has 1 unspecified atom stereocenters. The number of carbonyl (C=O) groups is 1.